The molecule has 1 heterocycles. The van der Waals surface area contributed by atoms with Gasteiger partial charge in [-0.15, -0.1) is 0 Å². The van der Waals surface area contributed by atoms with Crippen LogP contribution >= 0.6 is 11.6 Å². The molecule has 0 saturated carbocycles. The third-order valence-corrected chi connectivity index (χ3v) is 3.79. The normalized spacial score (nSPS) is 10.1. The van der Waals surface area contributed by atoms with Crippen LogP contribution in [0.5, 0.6) is 0 Å². The molecular weight excluding hydrogens is 334 g/mol. The number of hydrogen-bond acceptors (Lipinski definition) is 5. The van der Waals surface area contributed by atoms with Gasteiger partial charge in [0.2, 0.25) is 5.95 Å². The van der Waals surface area contributed by atoms with Gasteiger partial charge in [-0.25, -0.2) is 4.98 Å². The fourth-order valence-corrected chi connectivity index (χ4v) is 2.42. The summed E-state index contributed by atoms with van der Waals surface area (Å²) in [6.45, 7) is 0.752. The number of benzene rings is 2. The first kappa shape index (κ1) is 16.7. The number of nitrogens with zero attached hydrogens (tertiary/aromatic N) is 3. The van der Waals surface area contributed by atoms with Gasteiger partial charge in [-0.05, 0) is 48.4 Å². The molecule has 0 spiro atoms. The summed E-state index contributed by atoms with van der Waals surface area (Å²) in [7, 11) is 0. The number of halogens is 1. The Kier molecular flexibility index (Phi) is 5.45. The number of nitrogens with one attached hydrogen (secondary N) is 2. The highest BCUT2D eigenvalue weighted by molar-refractivity contribution is 6.30. The Morgan fingerprint density at radius 1 is 1.08 bits per heavy atom. The molecular formula is C19H16ClN5. The molecule has 0 atom stereocenters. The van der Waals surface area contributed by atoms with E-state index in [-0.39, 0.29) is 0 Å². The fraction of sp³-hybridized carbons (Fsp3) is 0.105. The molecule has 3 aromatic rings. The molecule has 6 heteroatoms. The molecule has 0 bridgehead atoms. The zero-order chi connectivity index (χ0) is 17.5. The van der Waals surface area contributed by atoms with Crippen LogP contribution in [-0.4, -0.2) is 16.5 Å². The molecule has 3 rings (SSSR count). The Morgan fingerprint density at radius 2 is 1.92 bits per heavy atom. The van der Waals surface area contributed by atoms with Crippen molar-refractivity contribution in [1.82, 2.24) is 9.97 Å². The zero-order valence-electron chi connectivity index (χ0n) is 13.4. The van der Waals surface area contributed by atoms with Gasteiger partial charge in [-0.1, -0.05) is 29.8 Å². The lowest BCUT2D eigenvalue weighted by Crippen LogP contribution is -2.07. The van der Waals surface area contributed by atoms with Gasteiger partial charge in [-0.2, -0.15) is 10.2 Å². The molecule has 2 N–H and O–H groups in total. The standard InChI is InChI=1S/C19H16ClN5/c20-16-6-4-14(5-7-16)8-10-22-18-9-11-23-19(25-18)24-17-3-1-2-15(12-17)13-21/h1-7,9,11-12H,8,10H2,(H2,22,23,24,25). The van der Waals surface area contributed by atoms with E-state index in [0.717, 1.165) is 29.5 Å². The Hall–Kier alpha value is -3.10. The smallest absolute Gasteiger partial charge is 0.229 e. The van der Waals surface area contributed by atoms with Crippen LogP contribution < -0.4 is 10.6 Å². The van der Waals surface area contributed by atoms with E-state index in [1.807, 2.05) is 42.5 Å². The van der Waals surface area contributed by atoms with Crippen LogP contribution in [0, 0.1) is 11.3 Å². The van der Waals surface area contributed by atoms with Crippen LogP contribution in [-0.2, 0) is 6.42 Å². The predicted molar refractivity (Wildman–Crippen MR) is 100 cm³/mol. The molecule has 124 valence electrons. The molecule has 2 aromatic carbocycles. The third kappa shape index (κ3) is 4.93. The Balaban J connectivity index is 1.59. The topological polar surface area (TPSA) is 73.6 Å². The molecule has 1 aromatic heterocycles. The van der Waals surface area contributed by atoms with Crippen LogP contribution in [0.1, 0.15) is 11.1 Å². The number of anilines is 3. The Labute approximate surface area is 151 Å². The molecule has 0 aliphatic carbocycles. The maximum Gasteiger partial charge on any atom is 0.229 e. The first-order chi connectivity index (χ1) is 12.2. The Bertz CT molecular complexity index is 887. The van der Waals surface area contributed by atoms with E-state index in [1.54, 1.807) is 18.3 Å². The second-order valence-corrected chi connectivity index (χ2v) is 5.82. The maximum absolute atomic E-state index is 8.95. The van der Waals surface area contributed by atoms with E-state index >= 15 is 0 Å². The summed E-state index contributed by atoms with van der Waals surface area (Å²) < 4.78 is 0. The molecule has 0 amide bonds. The second kappa shape index (κ2) is 8.13. The van der Waals surface area contributed by atoms with Crippen molar-refractivity contribution in [1.29, 1.82) is 5.26 Å². The molecule has 0 unspecified atom stereocenters. The number of aromatic nitrogens is 2. The van der Waals surface area contributed by atoms with Crippen LogP contribution in [0.3, 0.4) is 0 Å². The summed E-state index contributed by atoms with van der Waals surface area (Å²) in [5.41, 5.74) is 2.57. The fourth-order valence-electron chi connectivity index (χ4n) is 2.30. The average molecular weight is 350 g/mol. The van der Waals surface area contributed by atoms with Crippen LogP contribution in [0.4, 0.5) is 17.5 Å². The SMILES string of the molecule is N#Cc1cccc(Nc2nccc(NCCc3ccc(Cl)cc3)n2)c1. The third-order valence-electron chi connectivity index (χ3n) is 3.54. The predicted octanol–water partition coefficient (Wildman–Crippen LogP) is 4.40. The number of nitriles is 1. The van der Waals surface area contributed by atoms with Crippen molar-refractivity contribution in [2.24, 2.45) is 0 Å². The summed E-state index contributed by atoms with van der Waals surface area (Å²) >= 11 is 5.89. The lowest BCUT2D eigenvalue weighted by molar-refractivity contribution is 1.00. The van der Waals surface area contributed by atoms with Gasteiger partial charge in [-0.3, -0.25) is 0 Å². The number of hydrogen-bond donors (Lipinski definition) is 2. The quantitative estimate of drug-likeness (QED) is 0.690. The van der Waals surface area contributed by atoms with Crippen LogP contribution in [0.2, 0.25) is 5.02 Å². The summed E-state index contributed by atoms with van der Waals surface area (Å²) in [5.74, 6) is 1.22. The van der Waals surface area contributed by atoms with Gasteiger partial charge in [0.1, 0.15) is 5.82 Å². The zero-order valence-corrected chi connectivity index (χ0v) is 14.2. The molecule has 25 heavy (non-hydrogen) atoms. The highest BCUT2D eigenvalue weighted by Gasteiger charge is 2.01. The van der Waals surface area contributed by atoms with Gasteiger partial charge < -0.3 is 10.6 Å². The molecule has 0 saturated heterocycles. The second-order valence-electron chi connectivity index (χ2n) is 5.39. The summed E-state index contributed by atoms with van der Waals surface area (Å²) in [6, 6.07) is 18.9. The van der Waals surface area contributed by atoms with Gasteiger partial charge >= 0.3 is 0 Å². The minimum atomic E-state index is 0.478. The van der Waals surface area contributed by atoms with Crippen LogP contribution in [0.25, 0.3) is 0 Å². The summed E-state index contributed by atoms with van der Waals surface area (Å²) in [6.07, 6.45) is 2.56. The summed E-state index contributed by atoms with van der Waals surface area (Å²) in [4.78, 5) is 8.64. The van der Waals surface area contributed by atoms with E-state index in [1.165, 1.54) is 5.56 Å². The van der Waals surface area contributed by atoms with Crippen molar-refractivity contribution in [2.45, 2.75) is 6.42 Å². The molecule has 5 nitrogen and oxygen atoms in total. The van der Waals surface area contributed by atoms with Gasteiger partial charge in [0.05, 0.1) is 11.6 Å². The van der Waals surface area contributed by atoms with Crippen molar-refractivity contribution in [3.8, 4) is 6.07 Å². The van der Waals surface area contributed by atoms with E-state index in [2.05, 4.69) is 26.7 Å². The monoisotopic (exact) mass is 349 g/mol. The molecule has 0 radical (unpaired) electrons. The van der Waals surface area contributed by atoms with Crippen molar-refractivity contribution in [2.75, 3.05) is 17.2 Å². The summed E-state index contributed by atoms with van der Waals surface area (Å²) in [5, 5.41) is 16.1. The van der Waals surface area contributed by atoms with E-state index < -0.39 is 0 Å². The highest BCUT2D eigenvalue weighted by atomic mass is 35.5. The van der Waals surface area contributed by atoms with Crippen molar-refractivity contribution < 1.29 is 0 Å². The van der Waals surface area contributed by atoms with Crippen molar-refractivity contribution in [3.63, 3.8) is 0 Å². The van der Waals surface area contributed by atoms with Gasteiger partial charge in [0.15, 0.2) is 0 Å². The van der Waals surface area contributed by atoms with E-state index in [9.17, 15) is 0 Å². The molecule has 0 fully saturated rings. The first-order valence-electron chi connectivity index (χ1n) is 7.81. The van der Waals surface area contributed by atoms with E-state index in [0.29, 0.717) is 11.5 Å². The first-order valence-corrected chi connectivity index (χ1v) is 8.19. The molecule has 0 aliphatic rings. The van der Waals surface area contributed by atoms with Crippen molar-refractivity contribution >= 4 is 29.1 Å². The Morgan fingerprint density at radius 3 is 2.72 bits per heavy atom. The van der Waals surface area contributed by atoms with Gasteiger partial charge in [0.25, 0.3) is 0 Å². The lowest BCUT2D eigenvalue weighted by atomic mass is 10.1. The minimum absolute atomic E-state index is 0.478. The lowest BCUT2D eigenvalue weighted by Gasteiger charge is -2.09. The minimum Gasteiger partial charge on any atom is -0.370 e. The average Bonchev–Trinajstić information content (AvgIpc) is 2.64. The van der Waals surface area contributed by atoms with E-state index in [4.69, 9.17) is 16.9 Å². The highest BCUT2D eigenvalue weighted by Crippen LogP contribution is 2.16. The molecule has 0 aliphatic heterocycles. The van der Waals surface area contributed by atoms with Gasteiger partial charge in [0, 0.05) is 23.5 Å². The van der Waals surface area contributed by atoms with Crippen molar-refractivity contribution in [3.05, 3.63) is 76.9 Å². The number of rotatable bonds is 6. The maximum atomic E-state index is 8.95. The van der Waals surface area contributed by atoms with Crippen LogP contribution in [0.15, 0.2) is 60.8 Å². The largest absolute Gasteiger partial charge is 0.370 e.